The normalized spacial score (nSPS) is 13.7. The zero-order valence-electron chi connectivity index (χ0n) is 17.6. The number of carbonyl (C=O) groups is 3. The van der Waals surface area contributed by atoms with E-state index in [4.69, 9.17) is 4.74 Å². The summed E-state index contributed by atoms with van der Waals surface area (Å²) in [7, 11) is 1.56. The molecule has 7 heteroatoms. The maximum atomic E-state index is 12.7. The molecule has 1 aliphatic rings. The number of methoxy groups -OCH3 is 1. The van der Waals surface area contributed by atoms with Gasteiger partial charge in [-0.25, -0.2) is 0 Å². The third-order valence-electron chi connectivity index (χ3n) is 5.41. The highest BCUT2D eigenvalue weighted by Gasteiger charge is 2.25. The van der Waals surface area contributed by atoms with Crippen molar-refractivity contribution in [3.8, 4) is 5.75 Å². The van der Waals surface area contributed by atoms with Crippen LogP contribution < -0.4 is 10.1 Å². The van der Waals surface area contributed by atoms with E-state index in [0.29, 0.717) is 43.1 Å². The molecule has 2 aromatic rings. The molecule has 158 valence electrons. The number of hydrogen-bond acceptors (Lipinski definition) is 4. The van der Waals surface area contributed by atoms with Crippen LogP contribution in [0.5, 0.6) is 5.75 Å². The molecule has 0 spiro atoms. The summed E-state index contributed by atoms with van der Waals surface area (Å²) >= 11 is 0. The van der Waals surface area contributed by atoms with Crippen LogP contribution in [-0.4, -0.2) is 67.4 Å². The molecule has 1 fully saturated rings. The lowest BCUT2D eigenvalue weighted by Crippen LogP contribution is -2.52. The monoisotopic (exact) mass is 409 g/mol. The Balaban J connectivity index is 1.49. The van der Waals surface area contributed by atoms with Crippen LogP contribution in [0.15, 0.2) is 42.5 Å². The molecule has 7 nitrogen and oxygen atoms in total. The fraction of sp³-hybridized carbons (Fsp3) is 0.348. The standard InChI is InChI=1S/C23H27N3O4/c1-16-7-8-18(13-17(16)2)22(28)24-15-21(27)25-9-11-26(12-10-25)23(29)19-5-4-6-20(14-19)30-3/h4-8,13-14H,9-12,15H2,1-3H3,(H,24,28). The van der Waals surface area contributed by atoms with Crippen LogP contribution in [0, 0.1) is 13.8 Å². The van der Waals surface area contributed by atoms with Gasteiger partial charge in [0.05, 0.1) is 13.7 Å². The molecule has 3 rings (SSSR count). The van der Waals surface area contributed by atoms with E-state index in [-0.39, 0.29) is 24.3 Å². The minimum Gasteiger partial charge on any atom is -0.497 e. The number of carbonyl (C=O) groups excluding carboxylic acids is 3. The molecule has 1 N–H and O–H groups in total. The fourth-order valence-corrected chi connectivity index (χ4v) is 3.35. The van der Waals surface area contributed by atoms with E-state index in [1.807, 2.05) is 26.0 Å². The Kier molecular flexibility index (Phi) is 6.72. The number of aryl methyl sites for hydroxylation is 2. The Labute approximate surface area is 176 Å². The number of nitrogens with zero attached hydrogens (tertiary/aromatic N) is 2. The van der Waals surface area contributed by atoms with Gasteiger partial charge in [0, 0.05) is 37.3 Å². The lowest BCUT2D eigenvalue weighted by Gasteiger charge is -2.35. The van der Waals surface area contributed by atoms with Crippen molar-refractivity contribution in [2.24, 2.45) is 0 Å². The predicted molar refractivity (Wildman–Crippen MR) is 114 cm³/mol. The molecule has 0 aliphatic carbocycles. The molecule has 1 saturated heterocycles. The minimum absolute atomic E-state index is 0.0599. The molecule has 30 heavy (non-hydrogen) atoms. The van der Waals surface area contributed by atoms with Crippen molar-refractivity contribution >= 4 is 17.7 Å². The summed E-state index contributed by atoms with van der Waals surface area (Å²) in [5.74, 6) is 0.136. The van der Waals surface area contributed by atoms with E-state index in [2.05, 4.69) is 5.32 Å². The first kappa shape index (κ1) is 21.4. The number of piperazine rings is 1. The van der Waals surface area contributed by atoms with Crippen molar-refractivity contribution in [3.05, 3.63) is 64.7 Å². The van der Waals surface area contributed by atoms with Gasteiger partial charge in [-0.05, 0) is 55.3 Å². The highest BCUT2D eigenvalue weighted by atomic mass is 16.5. The van der Waals surface area contributed by atoms with E-state index < -0.39 is 0 Å². The van der Waals surface area contributed by atoms with Crippen molar-refractivity contribution in [2.75, 3.05) is 39.8 Å². The van der Waals surface area contributed by atoms with Crippen LogP contribution in [0.25, 0.3) is 0 Å². The Morgan fingerprint density at radius 2 is 1.60 bits per heavy atom. The SMILES string of the molecule is COc1cccc(C(=O)N2CCN(C(=O)CNC(=O)c3ccc(C)c(C)c3)CC2)c1. The molecule has 0 bridgehead atoms. The van der Waals surface area contributed by atoms with Crippen molar-refractivity contribution in [1.82, 2.24) is 15.1 Å². The number of benzene rings is 2. The maximum Gasteiger partial charge on any atom is 0.254 e. The van der Waals surface area contributed by atoms with Gasteiger partial charge in [-0.3, -0.25) is 14.4 Å². The lowest BCUT2D eigenvalue weighted by atomic mass is 10.1. The molecule has 0 aromatic heterocycles. The number of amides is 3. The van der Waals surface area contributed by atoms with Gasteiger partial charge < -0.3 is 19.9 Å². The van der Waals surface area contributed by atoms with Crippen LogP contribution in [0.4, 0.5) is 0 Å². The summed E-state index contributed by atoms with van der Waals surface area (Å²) in [6, 6.07) is 12.5. The van der Waals surface area contributed by atoms with E-state index in [1.165, 1.54) is 0 Å². The van der Waals surface area contributed by atoms with Gasteiger partial charge in [0.2, 0.25) is 5.91 Å². The van der Waals surface area contributed by atoms with E-state index >= 15 is 0 Å². The second kappa shape index (κ2) is 9.43. The molecule has 0 radical (unpaired) electrons. The van der Waals surface area contributed by atoms with Gasteiger partial charge in [0.15, 0.2) is 0 Å². The highest BCUT2D eigenvalue weighted by molar-refractivity contribution is 5.97. The molecule has 3 amide bonds. The van der Waals surface area contributed by atoms with Gasteiger partial charge in [-0.15, -0.1) is 0 Å². The van der Waals surface area contributed by atoms with Crippen LogP contribution in [0.1, 0.15) is 31.8 Å². The van der Waals surface area contributed by atoms with Crippen molar-refractivity contribution < 1.29 is 19.1 Å². The van der Waals surface area contributed by atoms with Crippen molar-refractivity contribution in [1.29, 1.82) is 0 Å². The summed E-state index contributed by atoms with van der Waals surface area (Å²) < 4.78 is 5.17. The molecule has 0 unspecified atom stereocenters. The Bertz CT molecular complexity index is 949. The van der Waals surface area contributed by atoms with Gasteiger partial charge in [-0.2, -0.15) is 0 Å². The van der Waals surface area contributed by atoms with E-state index in [9.17, 15) is 14.4 Å². The second-order valence-electron chi connectivity index (χ2n) is 7.39. The zero-order chi connectivity index (χ0) is 21.7. The second-order valence-corrected chi connectivity index (χ2v) is 7.39. The van der Waals surface area contributed by atoms with Crippen molar-refractivity contribution in [2.45, 2.75) is 13.8 Å². The summed E-state index contributed by atoms with van der Waals surface area (Å²) in [5.41, 5.74) is 3.25. The largest absolute Gasteiger partial charge is 0.497 e. The van der Waals surface area contributed by atoms with Crippen LogP contribution >= 0.6 is 0 Å². The van der Waals surface area contributed by atoms with Crippen LogP contribution in [0.2, 0.25) is 0 Å². The number of ether oxygens (including phenoxy) is 1. The molecular formula is C23H27N3O4. The number of hydrogen-bond donors (Lipinski definition) is 1. The summed E-state index contributed by atoms with van der Waals surface area (Å²) in [6.07, 6.45) is 0. The average Bonchev–Trinajstić information content (AvgIpc) is 2.78. The molecular weight excluding hydrogens is 382 g/mol. The van der Waals surface area contributed by atoms with Gasteiger partial charge >= 0.3 is 0 Å². The van der Waals surface area contributed by atoms with E-state index in [1.54, 1.807) is 47.2 Å². The third-order valence-corrected chi connectivity index (χ3v) is 5.41. The van der Waals surface area contributed by atoms with Crippen LogP contribution in [-0.2, 0) is 4.79 Å². The summed E-state index contributed by atoms with van der Waals surface area (Å²) in [4.78, 5) is 40.9. The smallest absolute Gasteiger partial charge is 0.254 e. The zero-order valence-corrected chi connectivity index (χ0v) is 17.6. The first-order valence-electron chi connectivity index (χ1n) is 9.95. The Hall–Kier alpha value is -3.35. The van der Waals surface area contributed by atoms with Gasteiger partial charge in [0.25, 0.3) is 11.8 Å². The van der Waals surface area contributed by atoms with Crippen molar-refractivity contribution in [3.63, 3.8) is 0 Å². The summed E-state index contributed by atoms with van der Waals surface area (Å²) in [6.45, 7) is 5.65. The number of nitrogens with one attached hydrogen (secondary N) is 1. The van der Waals surface area contributed by atoms with Gasteiger partial charge in [0.1, 0.15) is 5.75 Å². The first-order chi connectivity index (χ1) is 14.4. The lowest BCUT2D eigenvalue weighted by molar-refractivity contribution is -0.131. The highest BCUT2D eigenvalue weighted by Crippen LogP contribution is 2.15. The maximum absolute atomic E-state index is 12.7. The molecule has 0 saturated carbocycles. The van der Waals surface area contributed by atoms with E-state index in [0.717, 1.165) is 11.1 Å². The quantitative estimate of drug-likeness (QED) is 0.820. The summed E-state index contributed by atoms with van der Waals surface area (Å²) in [5, 5.41) is 2.69. The first-order valence-corrected chi connectivity index (χ1v) is 9.95. The predicted octanol–water partition coefficient (Wildman–Crippen LogP) is 2.03. The Morgan fingerprint density at radius 1 is 0.900 bits per heavy atom. The Morgan fingerprint density at radius 3 is 2.27 bits per heavy atom. The number of rotatable bonds is 5. The fourth-order valence-electron chi connectivity index (χ4n) is 3.35. The molecule has 2 aromatic carbocycles. The average molecular weight is 409 g/mol. The van der Waals surface area contributed by atoms with Crippen LogP contribution in [0.3, 0.4) is 0 Å². The topological polar surface area (TPSA) is 79.0 Å². The molecule has 1 heterocycles. The minimum atomic E-state index is -0.265. The molecule has 1 aliphatic heterocycles. The van der Waals surface area contributed by atoms with Gasteiger partial charge in [-0.1, -0.05) is 12.1 Å². The molecule has 0 atom stereocenters. The third kappa shape index (κ3) is 4.97.